The average molecular weight is 507 g/mol. The van der Waals surface area contributed by atoms with Crippen molar-refractivity contribution in [1.29, 1.82) is 0 Å². The topological polar surface area (TPSA) is 84.9 Å². The van der Waals surface area contributed by atoms with Crippen LogP contribution in [0.1, 0.15) is 19.4 Å². The minimum atomic E-state index is -4.24. The van der Waals surface area contributed by atoms with Gasteiger partial charge in [-0.05, 0) is 68.4 Å². The molecule has 0 heterocycles. The Kier molecular flexibility index (Phi) is 8.01. The predicted octanol–water partition coefficient (Wildman–Crippen LogP) is 5.70. The molecule has 0 radical (unpaired) electrons. The summed E-state index contributed by atoms with van der Waals surface area (Å²) in [5.74, 6) is -0.0686. The van der Waals surface area contributed by atoms with Crippen LogP contribution in [0.2, 0.25) is 5.02 Å². The molecule has 0 fully saturated rings. The van der Waals surface area contributed by atoms with Crippen LogP contribution >= 0.6 is 11.6 Å². The van der Waals surface area contributed by atoms with Crippen molar-refractivity contribution >= 4 is 33.4 Å². The van der Waals surface area contributed by atoms with E-state index in [0.717, 1.165) is 24.3 Å². The fraction of sp³-hybridized carbons (Fsp3) is 0.208. The van der Waals surface area contributed by atoms with Gasteiger partial charge in [0.2, 0.25) is 0 Å². The molecule has 1 N–H and O–H groups in total. The van der Waals surface area contributed by atoms with E-state index >= 15 is 0 Å². The first kappa shape index (κ1) is 25.3. The van der Waals surface area contributed by atoms with Gasteiger partial charge in [-0.15, -0.1) is 0 Å². The fourth-order valence-corrected chi connectivity index (χ4v) is 4.29. The van der Waals surface area contributed by atoms with Gasteiger partial charge in [-0.3, -0.25) is 0 Å². The standard InChI is InChI=1S/C24H24ClFN2O5S/c1-16(2)28(24(29)27-21-6-4-5-7-23(21)32-3)15-17-14-18(25)8-13-22(17)33-34(30,31)20-11-9-19(26)10-12-20/h4-14,16H,15H2,1-3H3,(H,27,29). The minimum absolute atomic E-state index is 0.00414. The van der Waals surface area contributed by atoms with Crippen LogP contribution in [-0.4, -0.2) is 32.5 Å². The number of nitrogens with zero attached hydrogens (tertiary/aromatic N) is 1. The van der Waals surface area contributed by atoms with E-state index in [2.05, 4.69) is 5.32 Å². The second-order valence-corrected chi connectivity index (χ2v) is 9.58. The zero-order chi connectivity index (χ0) is 24.9. The molecular weight excluding hydrogens is 483 g/mol. The summed E-state index contributed by atoms with van der Waals surface area (Å²) in [5.41, 5.74) is 0.865. The molecule has 0 saturated heterocycles. The largest absolute Gasteiger partial charge is 0.495 e. The molecule has 0 spiro atoms. The molecule has 0 unspecified atom stereocenters. The summed E-state index contributed by atoms with van der Waals surface area (Å²) in [6, 6.07) is 15.0. The summed E-state index contributed by atoms with van der Waals surface area (Å²) in [6.45, 7) is 3.65. The number of amides is 2. The molecule has 3 rings (SSSR count). The van der Waals surface area contributed by atoms with Crippen molar-refractivity contribution in [3.05, 3.63) is 83.1 Å². The van der Waals surface area contributed by atoms with Gasteiger partial charge in [0, 0.05) is 16.6 Å². The van der Waals surface area contributed by atoms with Gasteiger partial charge in [-0.2, -0.15) is 8.42 Å². The van der Waals surface area contributed by atoms with Crippen LogP contribution in [0.5, 0.6) is 11.5 Å². The zero-order valence-corrected chi connectivity index (χ0v) is 20.4. The van der Waals surface area contributed by atoms with Crippen LogP contribution in [0.4, 0.5) is 14.9 Å². The van der Waals surface area contributed by atoms with E-state index in [-0.39, 0.29) is 23.2 Å². The number of methoxy groups -OCH3 is 1. The number of carbonyl (C=O) groups excluding carboxylic acids is 1. The summed E-state index contributed by atoms with van der Waals surface area (Å²) in [4.78, 5) is 14.4. The van der Waals surface area contributed by atoms with Gasteiger partial charge in [-0.1, -0.05) is 23.7 Å². The monoisotopic (exact) mass is 506 g/mol. The number of anilines is 1. The Hall–Kier alpha value is -3.30. The van der Waals surface area contributed by atoms with Crippen molar-refractivity contribution in [1.82, 2.24) is 4.90 Å². The number of hydrogen-bond acceptors (Lipinski definition) is 5. The Bertz CT molecular complexity index is 1270. The Morgan fingerprint density at radius 2 is 1.74 bits per heavy atom. The predicted molar refractivity (Wildman–Crippen MR) is 128 cm³/mol. The number of rotatable bonds is 8. The molecule has 3 aromatic rings. The number of halogens is 2. The van der Waals surface area contributed by atoms with Crippen LogP contribution in [0.15, 0.2) is 71.6 Å². The number of hydrogen-bond donors (Lipinski definition) is 1. The van der Waals surface area contributed by atoms with E-state index in [0.29, 0.717) is 22.0 Å². The van der Waals surface area contributed by atoms with Crippen LogP contribution < -0.4 is 14.2 Å². The molecular formula is C24H24ClFN2O5S. The molecule has 0 atom stereocenters. The van der Waals surface area contributed by atoms with Gasteiger partial charge in [0.05, 0.1) is 19.3 Å². The van der Waals surface area contributed by atoms with E-state index in [1.54, 1.807) is 24.3 Å². The van der Waals surface area contributed by atoms with E-state index in [1.807, 2.05) is 13.8 Å². The molecule has 0 saturated carbocycles. The maximum atomic E-state index is 13.2. The summed E-state index contributed by atoms with van der Waals surface area (Å²) in [5, 5.41) is 3.15. The van der Waals surface area contributed by atoms with Crippen molar-refractivity contribution in [3.63, 3.8) is 0 Å². The molecule has 180 valence electrons. The minimum Gasteiger partial charge on any atom is -0.495 e. The van der Waals surface area contributed by atoms with Crippen molar-refractivity contribution in [2.75, 3.05) is 12.4 Å². The number of carbonyl (C=O) groups is 1. The molecule has 2 amide bonds. The van der Waals surface area contributed by atoms with Crippen LogP contribution in [0, 0.1) is 5.82 Å². The third-order valence-electron chi connectivity index (χ3n) is 4.90. The van der Waals surface area contributed by atoms with Crippen LogP contribution in [-0.2, 0) is 16.7 Å². The second kappa shape index (κ2) is 10.8. The maximum Gasteiger partial charge on any atom is 0.339 e. The Labute approximate surface area is 203 Å². The molecule has 0 aromatic heterocycles. The molecule has 34 heavy (non-hydrogen) atoms. The van der Waals surface area contributed by atoms with Crippen LogP contribution in [0.25, 0.3) is 0 Å². The van der Waals surface area contributed by atoms with Crippen molar-refractivity contribution in [2.24, 2.45) is 0 Å². The normalized spacial score (nSPS) is 11.2. The SMILES string of the molecule is COc1ccccc1NC(=O)N(Cc1cc(Cl)ccc1OS(=O)(=O)c1ccc(F)cc1)C(C)C. The summed E-state index contributed by atoms with van der Waals surface area (Å²) < 4.78 is 49.3. The fourth-order valence-electron chi connectivity index (χ4n) is 3.13. The lowest BCUT2D eigenvalue weighted by atomic mass is 10.1. The number of benzene rings is 3. The number of nitrogens with one attached hydrogen (secondary N) is 1. The average Bonchev–Trinajstić information content (AvgIpc) is 2.79. The highest BCUT2D eigenvalue weighted by molar-refractivity contribution is 7.87. The van der Waals surface area contributed by atoms with E-state index in [4.69, 9.17) is 20.5 Å². The van der Waals surface area contributed by atoms with Gasteiger partial charge in [0.25, 0.3) is 0 Å². The number of para-hydroxylation sites is 2. The van der Waals surface area contributed by atoms with Gasteiger partial charge < -0.3 is 19.1 Å². The van der Waals surface area contributed by atoms with E-state index in [1.165, 1.54) is 30.2 Å². The molecule has 0 bridgehead atoms. The first-order chi connectivity index (χ1) is 16.1. The third-order valence-corrected chi connectivity index (χ3v) is 6.38. The second-order valence-electron chi connectivity index (χ2n) is 7.60. The van der Waals surface area contributed by atoms with Crippen LogP contribution in [0.3, 0.4) is 0 Å². The lowest BCUT2D eigenvalue weighted by molar-refractivity contribution is 0.193. The first-order valence-electron chi connectivity index (χ1n) is 10.3. The smallest absolute Gasteiger partial charge is 0.339 e. The molecule has 0 aliphatic rings. The first-order valence-corrected chi connectivity index (χ1v) is 12.1. The molecule has 3 aromatic carbocycles. The van der Waals surface area contributed by atoms with Gasteiger partial charge >= 0.3 is 16.1 Å². The molecule has 10 heteroatoms. The summed E-state index contributed by atoms with van der Waals surface area (Å²) in [7, 11) is -2.74. The van der Waals surface area contributed by atoms with Gasteiger partial charge in [-0.25, -0.2) is 9.18 Å². The van der Waals surface area contributed by atoms with Crippen molar-refractivity contribution in [3.8, 4) is 11.5 Å². The highest BCUT2D eigenvalue weighted by Gasteiger charge is 2.23. The number of urea groups is 1. The Balaban J connectivity index is 1.88. The molecule has 0 aliphatic heterocycles. The number of ether oxygens (including phenoxy) is 1. The van der Waals surface area contributed by atoms with Crippen molar-refractivity contribution in [2.45, 2.75) is 31.3 Å². The highest BCUT2D eigenvalue weighted by Crippen LogP contribution is 2.29. The lowest BCUT2D eigenvalue weighted by Crippen LogP contribution is -2.39. The Morgan fingerprint density at radius 3 is 2.38 bits per heavy atom. The van der Waals surface area contributed by atoms with Gasteiger partial charge in [0.1, 0.15) is 22.2 Å². The molecule has 7 nitrogen and oxygen atoms in total. The summed E-state index contributed by atoms with van der Waals surface area (Å²) in [6.07, 6.45) is 0. The Morgan fingerprint density at radius 1 is 1.06 bits per heavy atom. The quantitative estimate of drug-likeness (QED) is 0.396. The van der Waals surface area contributed by atoms with E-state index in [9.17, 15) is 17.6 Å². The summed E-state index contributed by atoms with van der Waals surface area (Å²) >= 11 is 6.15. The lowest BCUT2D eigenvalue weighted by Gasteiger charge is -2.28. The molecule has 0 aliphatic carbocycles. The third kappa shape index (κ3) is 6.18. The highest BCUT2D eigenvalue weighted by atomic mass is 35.5. The van der Waals surface area contributed by atoms with Crippen molar-refractivity contribution < 1.29 is 26.5 Å². The maximum absolute atomic E-state index is 13.2. The van der Waals surface area contributed by atoms with E-state index < -0.39 is 22.0 Å². The van der Waals surface area contributed by atoms with Gasteiger partial charge in [0.15, 0.2) is 0 Å². The zero-order valence-electron chi connectivity index (χ0n) is 18.8.